The number of carbonyl (C=O) groups is 1. The molecule has 0 radical (unpaired) electrons. The zero-order valence-electron chi connectivity index (χ0n) is 20.5. The van der Waals surface area contributed by atoms with E-state index in [9.17, 15) is 13.2 Å². The normalized spacial score (nSPS) is 11.6. The van der Waals surface area contributed by atoms with Crippen LogP contribution < -0.4 is 14.5 Å². The van der Waals surface area contributed by atoms with Gasteiger partial charge in [0, 0.05) is 17.0 Å². The number of rotatable bonds is 8. The minimum Gasteiger partial charge on any atom is -0.497 e. The number of sulfonamides is 1. The number of pyridine rings is 1. The van der Waals surface area contributed by atoms with E-state index in [2.05, 4.69) is 15.5 Å². The summed E-state index contributed by atoms with van der Waals surface area (Å²) in [6, 6.07) is 20.6. The van der Waals surface area contributed by atoms with Crippen molar-refractivity contribution in [2.45, 2.75) is 18.7 Å². The molecule has 0 spiro atoms. The molecule has 4 aromatic rings. The van der Waals surface area contributed by atoms with Crippen molar-refractivity contribution in [1.82, 2.24) is 10.4 Å². The molecule has 3 aromatic carbocycles. The Labute approximate surface area is 220 Å². The van der Waals surface area contributed by atoms with Crippen molar-refractivity contribution in [3.8, 4) is 5.75 Å². The predicted octanol–water partition coefficient (Wildman–Crippen LogP) is 4.86. The number of hydrogen-bond donors (Lipinski definition) is 1. The first-order chi connectivity index (χ1) is 17.7. The lowest BCUT2D eigenvalue weighted by atomic mass is 10.1. The summed E-state index contributed by atoms with van der Waals surface area (Å²) >= 11 is 6.29. The number of nitrogens with one attached hydrogen (secondary N) is 1. The first kappa shape index (κ1) is 26.1. The fourth-order valence-electron chi connectivity index (χ4n) is 3.68. The van der Waals surface area contributed by atoms with Gasteiger partial charge in [-0.25, -0.2) is 18.8 Å². The van der Waals surface area contributed by atoms with Crippen LogP contribution in [0.5, 0.6) is 5.75 Å². The third-order valence-electron chi connectivity index (χ3n) is 5.68. The van der Waals surface area contributed by atoms with Crippen molar-refractivity contribution in [3.63, 3.8) is 0 Å². The third kappa shape index (κ3) is 5.90. The average Bonchev–Trinajstić information content (AvgIpc) is 2.88. The van der Waals surface area contributed by atoms with E-state index in [1.807, 2.05) is 13.0 Å². The van der Waals surface area contributed by atoms with Crippen molar-refractivity contribution in [2.24, 2.45) is 5.10 Å². The molecular formula is C27H25ClN4O4S. The summed E-state index contributed by atoms with van der Waals surface area (Å²) in [6.45, 7) is 3.18. The number of hydrogen-bond acceptors (Lipinski definition) is 6. The Kier molecular flexibility index (Phi) is 7.75. The maximum atomic E-state index is 13.5. The molecule has 0 bridgehead atoms. The number of anilines is 1. The van der Waals surface area contributed by atoms with E-state index in [0.717, 1.165) is 15.3 Å². The van der Waals surface area contributed by atoms with E-state index >= 15 is 0 Å². The van der Waals surface area contributed by atoms with Crippen LogP contribution in [0.1, 0.15) is 16.7 Å². The van der Waals surface area contributed by atoms with Gasteiger partial charge in [0.2, 0.25) is 0 Å². The molecule has 8 nitrogen and oxygen atoms in total. The zero-order chi connectivity index (χ0) is 26.6. The number of fused-ring (bicyclic) bond motifs is 1. The number of para-hydroxylation sites is 1. The zero-order valence-corrected chi connectivity index (χ0v) is 22.0. The van der Waals surface area contributed by atoms with Crippen molar-refractivity contribution in [1.29, 1.82) is 0 Å². The number of nitrogens with zero attached hydrogens (tertiary/aromatic N) is 3. The summed E-state index contributed by atoms with van der Waals surface area (Å²) in [5.74, 6) is 0.0355. The molecule has 1 N–H and O–H groups in total. The number of halogens is 1. The van der Waals surface area contributed by atoms with Gasteiger partial charge in [0.15, 0.2) is 0 Å². The van der Waals surface area contributed by atoms with Gasteiger partial charge in [-0.1, -0.05) is 47.5 Å². The quantitative estimate of drug-likeness (QED) is 0.197. The van der Waals surface area contributed by atoms with E-state index in [1.165, 1.54) is 18.3 Å². The Hall–Kier alpha value is -3.95. The fourth-order valence-corrected chi connectivity index (χ4v) is 5.36. The molecule has 0 aliphatic rings. The van der Waals surface area contributed by atoms with E-state index in [-0.39, 0.29) is 10.0 Å². The van der Waals surface area contributed by atoms with Crippen LogP contribution in [0.15, 0.2) is 82.8 Å². The van der Waals surface area contributed by atoms with Crippen LogP contribution in [0, 0.1) is 13.8 Å². The number of ether oxygens (including phenoxy) is 1. The summed E-state index contributed by atoms with van der Waals surface area (Å²) in [7, 11) is -2.45. The molecule has 190 valence electrons. The summed E-state index contributed by atoms with van der Waals surface area (Å²) in [5.41, 5.74) is 5.57. The smallest absolute Gasteiger partial charge is 0.264 e. The van der Waals surface area contributed by atoms with Crippen LogP contribution in [-0.2, 0) is 14.8 Å². The largest absolute Gasteiger partial charge is 0.497 e. The standard InChI is InChI=1S/C27H25ClN4O4S/c1-18-8-12-23(13-9-18)37(34,35)32(25-7-5-4-6-19(25)2)17-26(33)31-29-16-21-14-20-10-11-22(36-3)15-24(20)30-27(21)28/h4-16H,17H2,1-3H3,(H,31,33). The molecule has 0 fully saturated rings. The molecule has 0 unspecified atom stereocenters. The van der Waals surface area contributed by atoms with Gasteiger partial charge in [-0.15, -0.1) is 0 Å². The molecule has 1 amide bonds. The Morgan fingerprint density at radius 2 is 1.81 bits per heavy atom. The molecule has 0 aliphatic carbocycles. The maximum Gasteiger partial charge on any atom is 0.264 e. The van der Waals surface area contributed by atoms with Crippen molar-refractivity contribution in [2.75, 3.05) is 18.0 Å². The molecule has 10 heteroatoms. The fraction of sp³-hybridized carbons (Fsp3) is 0.148. The molecule has 0 aliphatic heterocycles. The first-order valence-corrected chi connectivity index (χ1v) is 13.1. The number of benzene rings is 3. The molecule has 0 saturated carbocycles. The Morgan fingerprint density at radius 3 is 2.51 bits per heavy atom. The highest BCUT2D eigenvalue weighted by atomic mass is 35.5. The highest BCUT2D eigenvalue weighted by Gasteiger charge is 2.28. The third-order valence-corrected chi connectivity index (χ3v) is 7.76. The minimum absolute atomic E-state index is 0.0864. The molecule has 37 heavy (non-hydrogen) atoms. The lowest BCUT2D eigenvalue weighted by Gasteiger charge is -2.25. The number of aromatic nitrogens is 1. The number of amides is 1. The van der Waals surface area contributed by atoms with E-state index in [0.29, 0.717) is 28.1 Å². The average molecular weight is 537 g/mol. The van der Waals surface area contributed by atoms with Crippen molar-refractivity contribution < 1.29 is 17.9 Å². The topological polar surface area (TPSA) is 101 Å². The molecule has 1 aromatic heterocycles. The van der Waals surface area contributed by atoms with Gasteiger partial charge in [-0.2, -0.15) is 5.10 Å². The van der Waals surface area contributed by atoms with Gasteiger partial charge in [-0.05, 0) is 55.8 Å². The lowest BCUT2D eigenvalue weighted by Crippen LogP contribution is -2.40. The van der Waals surface area contributed by atoms with Crippen LogP contribution in [0.3, 0.4) is 0 Å². The predicted molar refractivity (Wildman–Crippen MR) is 146 cm³/mol. The first-order valence-electron chi connectivity index (χ1n) is 11.3. The molecule has 4 rings (SSSR count). The van der Waals surface area contributed by atoms with E-state index in [4.69, 9.17) is 16.3 Å². The summed E-state index contributed by atoms with van der Waals surface area (Å²) < 4.78 is 33.3. The number of methoxy groups -OCH3 is 1. The Balaban J connectivity index is 1.56. The number of carbonyl (C=O) groups excluding carboxylic acids is 1. The van der Waals surface area contributed by atoms with E-state index in [1.54, 1.807) is 68.6 Å². The highest BCUT2D eigenvalue weighted by Crippen LogP contribution is 2.27. The van der Waals surface area contributed by atoms with Crippen LogP contribution >= 0.6 is 11.6 Å². The number of hydrazone groups is 1. The number of aryl methyl sites for hydroxylation is 2. The Morgan fingerprint density at radius 1 is 1.08 bits per heavy atom. The van der Waals surface area contributed by atoms with Gasteiger partial charge < -0.3 is 4.74 Å². The van der Waals surface area contributed by atoms with Crippen LogP contribution in [0.25, 0.3) is 10.9 Å². The van der Waals surface area contributed by atoms with Gasteiger partial charge in [-0.3, -0.25) is 9.10 Å². The monoisotopic (exact) mass is 536 g/mol. The SMILES string of the molecule is COc1ccc2cc(C=NNC(=O)CN(c3ccccc3C)S(=O)(=O)c3ccc(C)cc3)c(Cl)nc2c1. The second-order valence-electron chi connectivity index (χ2n) is 8.33. The lowest BCUT2D eigenvalue weighted by molar-refractivity contribution is -0.119. The van der Waals surface area contributed by atoms with E-state index < -0.39 is 22.5 Å². The van der Waals surface area contributed by atoms with Crippen LogP contribution in [-0.4, -0.2) is 39.2 Å². The van der Waals surface area contributed by atoms with Gasteiger partial charge >= 0.3 is 0 Å². The molecular weight excluding hydrogens is 512 g/mol. The minimum atomic E-state index is -4.02. The molecule has 0 saturated heterocycles. The Bertz CT molecular complexity index is 1590. The van der Waals surface area contributed by atoms with Gasteiger partial charge in [0.05, 0.1) is 29.4 Å². The second kappa shape index (κ2) is 11.0. The van der Waals surface area contributed by atoms with Crippen LogP contribution in [0.2, 0.25) is 5.15 Å². The summed E-state index contributed by atoms with van der Waals surface area (Å²) in [4.78, 5) is 17.3. The highest BCUT2D eigenvalue weighted by molar-refractivity contribution is 7.92. The van der Waals surface area contributed by atoms with Crippen molar-refractivity contribution in [3.05, 3.63) is 94.6 Å². The summed E-state index contributed by atoms with van der Waals surface area (Å²) in [5, 5.41) is 4.99. The molecule has 1 heterocycles. The summed E-state index contributed by atoms with van der Waals surface area (Å²) in [6.07, 6.45) is 1.36. The van der Waals surface area contributed by atoms with Crippen molar-refractivity contribution >= 4 is 50.3 Å². The second-order valence-corrected chi connectivity index (χ2v) is 10.6. The van der Waals surface area contributed by atoms with Gasteiger partial charge in [0.25, 0.3) is 15.9 Å². The van der Waals surface area contributed by atoms with Crippen LogP contribution in [0.4, 0.5) is 5.69 Å². The molecule has 0 atom stereocenters. The maximum absolute atomic E-state index is 13.5. The van der Waals surface area contributed by atoms with Gasteiger partial charge in [0.1, 0.15) is 17.4 Å².